The van der Waals surface area contributed by atoms with E-state index in [2.05, 4.69) is 79.0 Å². The molecule has 0 atom stereocenters. The number of anilines is 3. The number of aromatic nitrogens is 5. The molecule has 2 aliphatic carbocycles. The van der Waals surface area contributed by atoms with E-state index in [0.29, 0.717) is 17.7 Å². The molecule has 8 heteroatoms. The van der Waals surface area contributed by atoms with E-state index in [1.807, 2.05) is 0 Å². The maximum Gasteiger partial charge on any atom is 0.248 e. The molecule has 8 nitrogen and oxygen atoms in total. The lowest BCUT2D eigenvalue weighted by Gasteiger charge is -2.31. The molecule has 0 unspecified atom stereocenters. The van der Waals surface area contributed by atoms with E-state index >= 15 is 0 Å². The molecule has 1 aliphatic heterocycles. The highest BCUT2D eigenvalue weighted by Gasteiger charge is 2.24. The molecular formula is C31H36N8. The molecule has 1 fully saturated rings. The average molecular weight is 521 g/mol. The lowest BCUT2D eigenvalue weighted by Crippen LogP contribution is -2.37. The number of hydrogen-bond acceptors (Lipinski definition) is 7. The number of nitrogens with two attached hydrogens (primary N) is 1. The SMILES string of the molecule is Nc1nc(Nc2ccc3c(c2)CCN(C2CCCC2)CCC3)nn1-c1cc2c(nn1)-c1ccccc1CCC2. The molecule has 2 aromatic carbocycles. The van der Waals surface area contributed by atoms with Crippen molar-refractivity contribution < 1.29 is 0 Å². The molecule has 3 aliphatic rings. The van der Waals surface area contributed by atoms with Gasteiger partial charge < -0.3 is 16.0 Å². The van der Waals surface area contributed by atoms with Crippen LogP contribution in [0.25, 0.3) is 17.1 Å². The summed E-state index contributed by atoms with van der Waals surface area (Å²) in [5.41, 5.74) is 14.8. The van der Waals surface area contributed by atoms with E-state index in [1.165, 1.54) is 66.5 Å². The van der Waals surface area contributed by atoms with Crippen LogP contribution < -0.4 is 11.1 Å². The summed E-state index contributed by atoms with van der Waals surface area (Å²) in [4.78, 5) is 7.24. The summed E-state index contributed by atoms with van der Waals surface area (Å²) in [6, 6.07) is 18.0. The molecule has 4 aromatic rings. The highest BCUT2D eigenvalue weighted by atomic mass is 15.4. The van der Waals surface area contributed by atoms with Gasteiger partial charge in [-0.25, -0.2) is 0 Å². The molecule has 3 N–H and O–H groups in total. The Hall–Kier alpha value is -3.78. The maximum absolute atomic E-state index is 6.31. The molecule has 0 bridgehead atoms. The monoisotopic (exact) mass is 520 g/mol. The topological polar surface area (TPSA) is 97.8 Å². The quantitative estimate of drug-likeness (QED) is 0.378. The van der Waals surface area contributed by atoms with Gasteiger partial charge >= 0.3 is 0 Å². The second-order valence-corrected chi connectivity index (χ2v) is 11.2. The van der Waals surface area contributed by atoms with E-state index in [4.69, 9.17) is 5.73 Å². The summed E-state index contributed by atoms with van der Waals surface area (Å²) in [5, 5.41) is 17.2. The standard InChI is InChI=1S/C31H36N8/c32-30-34-31(33-25-15-14-21-10-6-17-38(18-16-23(21)19-25)26-11-2-3-12-26)37-39(30)28-20-24-9-5-8-22-7-1-4-13-27(22)29(24)36-35-28/h1,4,7,13-15,19-20,26H,2-3,5-6,8-12,16-18H2,(H3,32,33,34,37). The first-order valence-electron chi connectivity index (χ1n) is 14.5. The van der Waals surface area contributed by atoms with Gasteiger partial charge in [0, 0.05) is 23.8 Å². The van der Waals surface area contributed by atoms with E-state index in [9.17, 15) is 0 Å². The number of nitrogen functional groups attached to an aromatic ring is 1. The average Bonchev–Trinajstić information content (AvgIpc) is 3.56. The third-order valence-electron chi connectivity index (χ3n) is 8.74. The molecule has 7 rings (SSSR count). The van der Waals surface area contributed by atoms with Crippen molar-refractivity contribution in [3.8, 4) is 17.1 Å². The predicted octanol–water partition coefficient (Wildman–Crippen LogP) is 5.27. The first-order chi connectivity index (χ1) is 19.2. The van der Waals surface area contributed by atoms with Gasteiger partial charge in [0.2, 0.25) is 11.9 Å². The molecule has 39 heavy (non-hydrogen) atoms. The molecule has 0 saturated heterocycles. The Bertz CT molecular complexity index is 1490. The van der Waals surface area contributed by atoms with Gasteiger partial charge in [-0.05, 0) is 98.4 Å². The first kappa shape index (κ1) is 24.3. The van der Waals surface area contributed by atoms with Gasteiger partial charge in [-0.2, -0.15) is 9.67 Å². The van der Waals surface area contributed by atoms with Crippen molar-refractivity contribution in [2.45, 2.75) is 70.3 Å². The van der Waals surface area contributed by atoms with Crippen LogP contribution in [0.5, 0.6) is 0 Å². The van der Waals surface area contributed by atoms with Crippen LogP contribution in [0, 0.1) is 0 Å². The van der Waals surface area contributed by atoms with Crippen molar-refractivity contribution in [2.75, 3.05) is 24.1 Å². The molecule has 2 aromatic heterocycles. The summed E-state index contributed by atoms with van der Waals surface area (Å²) < 4.78 is 1.58. The maximum atomic E-state index is 6.31. The minimum absolute atomic E-state index is 0.291. The second-order valence-electron chi connectivity index (χ2n) is 11.2. The Morgan fingerprint density at radius 2 is 1.62 bits per heavy atom. The zero-order chi connectivity index (χ0) is 26.2. The zero-order valence-electron chi connectivity index (χ0n) is 22.4. The van der Waals surface area contributed by atoms with Crippen LogP contribution in [0.3, 0.4) is 0 Å². The normalized spacial score (nSPS) is 17.9. The number of rotatable bonds is 4. The molecule has 0 spiro atoms. The number of nitrogens with one attached hydrogen (secondary N) is 1. The number of hydrogen-bond donors (Lipinski definition) is 2. The van der Waals surface area contributed by atoms with Gasteiger partial charge in [-0.15, -0.1) is 15.3 Å². The van der Waals surface area contributed by atoms with Crippen LogP contribution in [0.15, 0.2) is 48.5 Å². The van der Waals surface area contributed by atoms with Gasteiger partial charge in [0.05, 0.1) is 5.69 Å². The third-order valence-corrected chi connectivity index (χ3v) is 8.74. The minimum atomic E-state index is 0.291. The Balaban J connectivity index is 1.11. The van der Waals surface area contributed by atoms with Gasteiger partial charge in [0.25, 0.3) is 0 Å². The highest BCUT2D eigenvalue weighted by Crippen LogP contribution is 2.32. The number of aryl methyl sites for hydroxylation is 3. The summed E-state index contributed by atoms with van der Waals surface area (Å²) in [6.45, 7) is 2.37. The van der Waals surface area contributed by atoms with Crippen LogP contribution in [0.4, 0.5) is 17.6 Å². The van der Waals surface area contributed by atoms with E-state index in [-0.39, 0.29) is 0 Å². The van der Waals surface area contributed by atoms with E-state index < -0.39 is 0 Å². The Kier molecular flexibility index (Phi) is 6.48. The number of benzene rings is 2. The molecule has 3 heterocycles. The van der Waals surface area contributed by atoms with Crippen molar-refractivity contribution in [1.82, 2.24) is 29.9 Å². The van der Waals surface area contributed by atoms with Crippen LogP contribution in [-0.2, 0) is 25.7 Å². The molecule has 1 saturated carbocycles. The zero-order valence-corrected chi connectivity index (χ0v) is 22.4. The highest BCUT2D eigenvalue weighted by molar-refractivity contribution is 5.68. The third kappa shape index (κ3) is 4.89. The van der Waals surface area contributed by atoms with Crippen LogP contribution in [-0.4, -0.2) is 49.0 Å². The summed E-state index contributed by atoms with van der Waals surface area (Å²) in [7, 11) is 0. The molecular weight excluding hydrogens is 484 g/mol. The molecule has 200 valence electrons. The van der Waals surface area contributed by atoms with Gasteiger partial charge in [-0.3, -0.25) is 0 Å². The van der Waals surface area contributed by atoms with Crippen molar-refractivity contribution >= 4 is 17.6 Å². The van der Waals surface area contributed by atoms with Gasteiger partial charge in [0.15, 0.2) is 5.82 Å². The van der Waals surface area contributed by atoms with Crippen molar-refractivity contribution in [1.29, 1.82) is 0 Å². The fourth-order valence-electron chi connectivity index (χ4n) is 6.72. The lowest BCUT2D eigenvalue weighted by atomic mass is 9.96. The molecule has 0 radical (unpaired) electrons. The van der Waals surface area contributed by atoms with E-state index in [1.54, 1.807) is 4.68 Å². The molecule has 0 amide bonds. The number of nitrogens with zero attached hydrogens (tertiary/aromatic N) is 6. The summed E-state index contributed by atoms with van der Waals surface area (Å²) >= 11 is 0. The predicted molar refractivity (Wildman–Crippen MR) is 154 cm³/mol. The Morgan fingerprint density at radius 1 is 0.769 bits per heavy atom. The van der Waals surface area contributed by atoms with E-state index in [0.717, 1.165) is 56.1 Å². The summed E-state index contributed by atoms with van der Waals surface area (Å²) in [6.07, 6.45) is 12.0. The van der Waals surface area contributed by atoms with Gasteiger partial charge in [-0.1, -0.05) is 43.2 Å². The number of fused-ring (bicyclic) bond motifs is 4. The minimum Gasteiger partial charge on any atom is -0.368 e. The van der Waals surface area contributed by atoms with Crippen LogP contribution in [0.2, 0.25) is 0 Å². The fraction of sp³-hybridized carbons (Fsp3) is 0.419. The second kappa shape index (κ2) is 10.4. The largest absolute Gasteiger partial charge is 0.368 e. The van der Waals surface area contributed by atoms with Crippen LogP contribution in [0.1, 0.15) is 60.8 Å². The first-order valence-corrected chi connectivity index (χ1v) is 14.5. The lowest BCUT2D eigenvalue weighted by molar-refractivity contribution is 0.195. The van der Waals surface area contributed by atoms with Crippen LogP contribution >= 0.6 is 0 Å². The Labute approximate surface area is 229 Å². The summed E-state index contributed by atoms with van der Waals surface area (Å²) in [5.74, 6) is 1.35. The fourth-order valence-corrected chi connectivity index (χ4v) is 6.72. The van der Waals surface area contributed by atoms with Crippen molar-refractivity contribution in [3.05, 3.63) is 70.8 Å². The van der Waals surface area contributed by atoms with Crippen molar-refractivity contribution in [2.24, 2.45) is 0 Å². The van der Waals surface area contributed by atoms with Crippen molar-refractivity contribution in [3.63, 3.8) is 0 Å². The van der Waals surface area contributed by atoms with Gasteiger partial charge in [0.1, 0.15) is 0 Å². The Morgan fingerprint density at radius 3 is 2.54 bits per heavy atom. The smallest absolute Gasteiger partial charge is 0.248 e.